The van der Waals surface area contributed by atoms with E-state index < -0.39 is 0 Å². The Labute approximate surface area is 89.1 Å². The molecule has 14 heavy (non-hydrogen) atoms. The Bertz CT molecular complexity index is 306. The summed E-state index contributed by atoms with van der Waals surface area (Å²) >= 11 is 4.11. The van der Waals surface area contributed by atoms with E-state index in [4.69, 9.17) is 4.74 Å². The van der Waals surface area contributed by atoms with Gasteiger partial charge < -0.3 is 9.64 Å². The van der Waals surface area contributed by atoms with Gasteiger partial charge in [0.15, 0.2) is 11.6 Å². The topological polar surface area (TPSA) is 12.5 Å². The van der Waals surface area contributed by atoms with Crippen LogP contribution in [0.15, 0.2) is 18.2 Å². The van der Waals surface area contributed by atoms with Gasteiger partial charge in [0, 0.05) is 31.1 Å². The first-order valence-electron chi connectivity index (χ1n) is 4.34. The van der Waals surface area contributed by atoms with Crippen LogP contribution in [0.3, 0.4) is 0 Å². The van der Waals surface area contributed by atoms with E-state index in [1.807, 2.05) is 18.0 Å². The van der Waals surface area contributed by atoms with Gasteiger partial charge in [0.1, 0.15) is 0 Å². The second kappa shape index (κ2) is 5.10. The van der Waals surface area contributed by atoms with Crippen molar-refractivity contribution < 1.29 is 9.13 Å². The summed E-state index contributed by atoms with van der Waals surface area (Å²) < 4.78 is 18.1. The van der Waals surface area contributed by atoms with Crippen LogP contribution in [-0.4, -0.2) is 26.5 Å². The molecule has 0 aliphatic rings. The lowest BCUT2D eigenvalue weighted by molar-refractivity contribution is 0.386. The van der Waals surface area contributed by atoms with Gasteiger partial charge in [-0.2, -0.15) is 12.6 Å². The summed E-state index contributed by atoms with van der Waals surface area (Å²) in [4.78, 5) is 1.94. The summed E-state index contributed by atoms with van der Waals surface area (Å²) in [6.45, 7) is 0.787. The Kier molecular flexibility index (Phi) is 4.07. The lowest BCUT2D eigenvalue weighted by atomic mass is 10.2. The van der Waals surface area contributed by atoms with Crippen LogP contribution in [0.4, 0.5) is 10.1 Å². The molecule has 78 valence electrons. The highest BCUT2D eigenvalue weighted by Crippen LogP contribution is 2.22. The highest BCUT2D eigenvalue weighted by Gasteiger charge is 2.05. The van der Waals surface area contributed by atoms with Crippen molar-refractivity contribution >= 4 is 18.3 Å². The van der Waals surface area contributed by atoms with Gasteiger partial charge >= 0.3 is 0 Å². The van der Waals surface area contributed by atoms with E-state index in [2.05, 4.69) is 12.6 Å². The summed E-state index contributed by atoms with van der Waals surface area (Å²) in [6, 6.07) is 4.91. The number of ether oxygens (including phenoxy) is 1. The van der Waals surface area contributed by atoms with Crippen LogP contribution in [-0.2, 0) is 0 Å². The van der Waals surface area contributed by atoms with Gasteiger partial charge in [-0.05, 0) is 12.1 Å². The quantitative estimate of drug-likeness (QED) is 0.773. The summed E-state index contributed by atoms with van der Waals surface area (Å²) in [5, 5.41) is 0. The largest absolute Gasteiger partial charge is 0.494 e. The van der Waals surface area contributed by atoms with Crippen LogP contribution in [0.1, 0.15) is 0 Å². The summed E-state index contributed by atoms with van der Waals surface area (Å²) in [7, 11) is 3.35. The van der Waals surface area contributed by atoms with Crippen molar-refractivity contribution in [1.29, 1.82) is 0 Å². The second-order valence-electron chi connectivity index (χ2n) is 2.96. The summed E-state index contributed by atoms with van der Waals surface area (Å²) in [5.41, 5.74) is 0.831. The lowest BCUT2D eigenvalue weighted by Crippen LogP contribution is -2.19. The molecule has 0 aliphatic carbocycles. The standard InChI is InChI=1S/C10H14FNOS/c1-12(5-6-14)8-3-4-10(13-2)9(11)7-8/h3-4,7,14H,5-6H2,1-2H3. The minimum atomic E-state index is -0.337. The number of benzene rings is 1. The molecule has 0 amide bonds. The molecule has 0 fully saturated rings. The molecule has 2 nitrogen and oxygen atoms in total. The first kappa shape index (κ1) is 11.2. The zero-order valence-corrected chi connectivity index (χ0v) is 9.22. The molecule has 1 aromatic carbocycles. The number of anilines is 1. The molecule has 0 atom stereocenters. The minimum Gasteiger partial charge on any atom is -0.494 e. The highest BCUT2D eigenvalue weighted by molar-refractivity contribution is 7.80. The van der Waals surface area contributed by atoms with Crippen molar-refractivity contribution in [2.75, 3.05) is 31.4 Å². The Morgan fingerprint density at radius 1 is 1.50 bits per heavy atom. The Morgan fingerprint density at radius 2 is 2.21 bits per heavy atom. The first-order valence-corrected chi connectivity index (χ1v) is 4.98. The van der Waals surface area contributed by atoms with E-state index in [9.17, 15) is 4.39 Å². The zero-order valence-electron chi connectivity index (χ0n) is 8.33. The van der Waals surface area contributed by atoms with Gasteiger partial charge in [0.05, 0.1) is 7.11 Å². The number of rotatable bonds is 4. The lowest BCUT2D eigenvalue weighted by Gasteiger charge is -2.18. The van der Waals surface area contributed by atoms with Crippen molar-refractivity contribution in [3.63, 3.8) is 0 Å². The number of methoxy groups -OCH3 is 1. The normalized spacial score (nSPS) is 10.0. The summed E-state index contributed by atoms with van der Waals surface area (Å²) in [6.07, 6.45) is 0. The van der Waals surface area contributed by atoms with E-state index >= 15 is 0 Å². The van der Waals surface area contributed by atoms with Gasteiger partial charge in [-0.3, -0.25) is 0 Å². The predicted octanol–water partition coefficient (Wildman–Crippen LogP) is 2.20. The SMILES string of the molecule is COc1ccc(N(C)CCS)cc1F. The molecule has 1 rings (SSSR count). The molecule has 0 heterocycles. The number of halogens is 1. The first-order chi connectivity index (χ1) is 6.69. The van der Waals surface area contributed by atoms with Crippen LogP contribution in [0, 0.1) is 5.82 Å². The molecular formula is C10H14FNOS. The average Bonchev–Trinajstić information content (AvgIpc) is 2.18. The molecule has 0 aliphatic heterocycles. The summed E-state index contributed by atoms with van der Waals surface area (Å²) in [5.74, 6) is 0.675. The molecule has 0 unspecified atom stereocenters. The van der Waals surface area contributed by atoms with Gasteiger partial charge in [0.2, 0.25) is 0 Å². The maximum Gasteiger partial charge on any atom is 0.167 e. The molecule has 1 aromatic rings. The van der Waals surface area contributed by atoms with E-state index in [0.29, 0.717) is 0 Å². The third-order valence-corrected chi connectivity index (χ3v) is 2.21. The van der Waals surface area contributed by atoms with Crippen LogP contribution in [0.5, 0.6) is 5.75 Å². The number of nitrogens with zero attached hydrogens (tertiary/aromatic N) is 1. The fourth-order valence-electron chi connectivity index (χ4n) is 1.17. The van der Waals surface area contributed by atoms with Gasteiger partial charge in [-0.25, -0.2) is 4.39 Å². The van der Waals surface area contributed by atoms with E-state index in [-0.39, 0.29) is 11.6 Å². The van der Waals surface area contributed by atoms with Crippen molar-refractivity contribution in [2.45, 2.75) is 0 Å². The van der Waals surface area contributed by atoms with Gasteiger partial charge in [-0.1, -0.05) is 0 Å². The molecule has 0 bridgehead atoms. The third-order valence-electron chi connectivity index (χ3n) is 2.01. The molecule has 4 heteroatoms. The highest BCUT2D eigenvalue weighted by atomic mass is 32.1. The maximum absolute atomic E-state index is 13.3. The predicted molar refractivity (Wildman–Crippen MR) is 60.1 cm³/mol. The Morgan fingerprint density at radius 3 is 2.71 bits per heavy atom. The Balaban J connectivity index is 2.85. The molecule has 0 spiro atoms. The molecule has 0 N–H and O–H groups in total. The maximum atomic E-state index is 13.3. The van der Waals surface area contributed by atoms with Crippen LogP contribution >= 0.6 is 12.6 Å². The Hall–Kier alpha value is -0.900. The minimum absolute atomic E-state index is 0.271. The molecule has 0 saturated heterocycles. The van der Waals surface area contributed by atoms with Crippen molar-refractivity contribution in [3.8, 4) is 5.75 Å². The number of hydrogen-bond acceptors (Lipinski definition) is 3. The van der Waals surface area contributed by atoms with Crippen molar-refractivity contribution in [2.24, 2.45) is 0 Å². The van der Waals surface area contributed by atoms with E-state index in [0.717, 1.165) is 18.0 Å². The molecule has 0 aromatic heterocycles. The van der Waals surface area contributed by atoms with Crippen molar-refractivity contribution in [3.05, 3.63) is 24.0 Å². The average molecular weight is 215 g/mol. The second-order valence-corrected chi connectivity index (χ2v) is 3.41. The van der Waals surface area contributed by atoms with Gasteiger partial charge in [-0.15, -0.1) is 0 Å². The third kappa shape index (κ3) is 2.54. The smallest absolute Gasteiger partial charge is 0.167 e. The molecular weight excluding hydrogens is 201 g/mol. The monoisotopic (exact) mass is 215 g/mol. The van der Waals surface area contributed by atoms with Crippen LogP contribution in [0.2, 0.25) is 0 Å². The zero-order chi connectivity index (χ0) is 10.6. The van der Waals surface area contributed by atoms with Gasteiger partial charge in [0.25, 0.3) is 0 Å². The fraction of sp³-hybridized carbons (Fsp3) is 0.400. The number of thiol groups is 1. The van der Waals surface area contributed by atoms with Crippen LogP contribution in [0.25, 0.3) is 0 Å². The van der Waals surface area contributed by atoms with E-state index in [1.54, 1.807) is 6.07 Å². The van der Waals surface area contributed by atoms with Crippen LogP contribution < -0.4 is 9.64 Å². The molecule has 0 saturated carbocycles. The van der Waals surface area contributed by atoms with Crippen molar-refractivity contribution in [1.82, 2.24) is 0 Å². The number of hydrogen-bond donors (Lipinski definition) is 1. The molecule has 0 radical (unpaired) electrons. The van der Waals surface area contributed by atoms with E-state index in [1.165, 1.54) is 13.2 Å². The fourth-order valence-corrected chi connectivity index (χ4v) is 1.47.